The van der Waals surface area contributed by atoms with Crippen LogP contribution in [0.25, 0.3) is 38.8 Å². The summed E-state index contributed by atoms with van der Waals surface area (Å²) in [4.78, 5) is 9.52. The monoisotopic (exact) mass is 1050 g/mol. The topological polar surface area (TPSA) is 33.5 Å². The van der Waals surface area contributed by atoms with Crippen molar-refractivity contribution in [2.45, 2.75) is 119 Å². The van der Waals surface area contributed by atoms with Crippen LogP contribution in [0.1, 0.15) is 116 Å². The quantitative estimate of drug-likeness (QED) is 0.155. The number of ether oxygens (including phenoxy) is 1. The predicted octanol–water partition coefficient (Wildman–Crippen LogP) is 16.5. The normalized spacial score (nSPS) is 13.4. The van der Waals surface area contributed by atoms with Crippen molar-refractivity contribution in [1.29, 1.82) is 0 Å². The number of aromatic nitrogens is 2. The molecule has 0 atom stereocenters. The third-order valence-electron chi connectivity index (χ3n) is 12.9. The summed E-state index contributed by atoms with van der Waals surface area (Å²) in [6, 6.07) is 48.7. The second-order valence-corrected chi connectivity index (χ2v) is 22.1. The molecule has 8 aromatic rings. The summed E-state index contributed by atoms with van der Waals surface area (Å²) in [7, 11) is 0. The van der Waals surface area contributed by atoms with Crippen LogP contribution in [-0.4, -0.2) is 9.55 Å². The van der Waals surface area contributed by atoms with Gasteiger partial charge in [-0.25, -0.2) is 4.98 Å². The van der Waals surface area contributed by atoms with Crippen LogP contribution < -0.4 is 14.5 Å². The molecule has 6 aromatic carbocycles. The van der Waals surface area contributed by atoms with Crippen molar-refractivity contribution < 1.29 is 25.8 Å². The number of benzene rings is 6. The summed E-state index contributed by atoms with van der Waals surface area (Å²) in [5, 5.41) is 2.24. The predicted molar refractivity (Wildman–Crippen MR) is 274 cm³/mol. The molecule has 342 valence electrons. The minimum Gasteiger partial charge on any atom is -0.509 e. The van der Waals surface area contributed by atoms with Crippen LogP contribution in [0.4, 0.5) is 22.7 Å². The number of para-hydroxylation sites is 3. The molecule has 9 rings (SSSR count). The van der Waals surface area contributed by atoms with Crippen molar-refractivity contribution in [3.63, 3.8) is 0 Å². The van der Waals surface area contributed by atoms with Gasteiger partial charge in [-0.15, -0.1) is 48.1 Å². The van der Waals surface area contributed by atoms with Gasteiger partial charge in [0.1, 0.15) is 5.82 Å². The molecule has 66 heavy (non-hydrogen) atoms. The first-order valence-electron chi connectivity index (χ1n) is 23.0. The molecule has 1 aliphatic rings. The number of pyridine rings is 1. The Hall–Kier alpha value is -5.64. The molecule has 0 spiro atoms. The Bertz CT molecular complexity index is 3070. The molecule has 1 aliphatic heterocycles. The van der Waals surface area contributed by atoms with Crippen LogP contribution in [0.5, 0.6) is 11.5 Å². The number of anilines is 4. The van der Waals surface area contributed by atoms with Gasteiger partial charge < -0.3 is 19.1 Å². The standard InChI is InChI=1S/C60H63N4O.Pt/c1-38-30-42(58(6,7)8)31-39(2)55(38)40-32-48(59(9,10)11)56(49(33-40)60(12,13)14)63-37-62(51-24-17-18-25-52(51)63)43-20-19-21-44(35-43)65-45-26-27-47-46-22-15-16-23-50(46)64(53(47)36-45)54-34-41(28-29-61-54)57(3,4)5;/h15-34,37H,1-14H3;/q-3;. The first kappa shape index (κ1) is 46.9. The smallest absolute Gasteiger partial charge is 0.135 e. The van der Waals surface area contributed by atoms with E-state index in [1.807, 2.05) is 24.4 Å². The summed E-state index contributed by atoms with van der Waals surface area (Å²) in [6.45, 7) is 34.4. The minimum atomic E-state index is -0.163. The number of aryl methyl sites for hydroxylation is 2. The Morgan fingerprint density at radius 3 is 1.76 bits per heavy atom. The average Bonchev–Trinajstić information content (AvgIpc) is 3.78. The molecule has 0 aliphatic carbocycles. The molecule has 0 saturated carbocycles. The molecule has 0 bridgehead atoms. The van der Waals surface area contributed by atoms with Crippen molar-refractivity contribution in [3.05, 3.63) is 174 Å². The van der Waals surface area contributed by atoms with E-state index >= 15 is 0 Å². The van der Waals surface area contributed by atoms with Gasteiger partial charge >= 0.3 is 0 Å². The maximum atomic E-state index is 6.68. The Morgan fingerprint density at radius 1 is 0.545 bits per heavy atom. The number of fused-ring (bicyclic) bond motifs is 4. The number of nitrogens with zero attached hydrogens (tertiary/aromatic N) is 4. The van der Waals surface area contributed by atoms with Gasteiger partial charge in [-0.3, -0.25) is 0 Å². The Morgan fingerprint density at radius 2 is 1.14 bits per heavy atom. The van der Waals surface area contributed by atoms with E-state index in [1.54, 1.807) is 0 Å². The van der Waals surface area contributed by atoms with Crippen molar-refractivity contribution in [2.24, 2.45) is 0 Å². The summed E-state index contributed by atoms with van der Waals surface area (Å²) in [5.74, 6) is 2.08. The molecule has 0 fully saturated rings. The van der Waals surface area contributed by atoms with E-state index in [0.717, 1.165) is 44.7 Å². The molecule has 2 aromatic heterocycles. The van der Waals surface area contributed by atoms with Crippen LogP contribution in [-0.2, 0) is 42.7 Å². The molecule has 0 unspecified atom stereocenters. The van der Waals surface area contributed by atoms with Gasteiger partial charge in [-0.05, 0) is 128 Å². The molecule has 3 heterocycles. The summed E-state index contributed by atoms with van der Waals surface area (Å²) < 4.78 is 8.88. The van der Waals surface area contributed by atoms with Crippen molar-refractivity contribution in [3.8, 4) is 28.4 Å². The van der Waals surface area contributed by atoms with Gasteiger partial charge in [0.25, 0.3) is 0 Å². The third kappa shape index (κ3) is 8.61. The van der Waals surface area contributed by atoms with E-state index in [1.165, 1.54) is 50.2 Å². The van der Waals surface area contributed by atoms with Gasteiger partial charge in [0.15, 0.2) is 0 Å². The molecule has 0 saturated heterocycles. The zero-order valence-corrected chi connectivity index (χ0v) is 43.4. The Balaban J connectivity index is 0.00000592. The van der Waals surface area contributed by atoms with Gasteiger partial charge in [-0.1, -0.05) is 131 Å². The second-order valence-electron chi connectivity index (χ2n) is 22.1. The fraction of sp³-hybridized carbons (Fsp3) is 0.300. The summed E-state index contributed by atoms with van der Waals surface area (Å²) in [6.07, 6.45) is 1.91. The van der Waals surface area contributed by atoms with Crippen molar-refractivity contribution >= 4 is 44.6 Å². The van der Waals surface area contributed by atoms with E-state index in [2.05, 4.69) is 227 Å². The molecule has 5 nitrogen and oxygen atoms in total. The van der Waals surface area contributed by atoms with Gasteiger partial charge in [0.05, 0.1) is 0 Å². The van der Waals surface area contributed by atoms with Gasteiger partial charge in [0.2, 0.25) is 0 Å². The fourth-order valence-corrected chi connectivity index (χ4v) is 9.45. The SMILES string of the molecule is Cc1cc(C(C)(C)C)cc(C)c1-c1cc(C(C)(C)C)c(N2[CH-]N(c3[c-]c(Oc4[c-]c5c(cc4)c4ccccc4n5-c4cc(C(C)(C)C)ccn4)ccc3)c3ccccc32)c(C(C)(C)C)c1.[Pt]. The fourth-order valence-electron chi connectivity index (χ4n) is 9.45. The molecular weight excluding hydrogens is 988 g/mol. The zero-order valence-electron chi connectivity index (χ0n) is 41.1. The maximum absolute atomic E-state index is 6.68. The van der Waals surface area contributed by atoms with Crippen molar-refractivity contribution in [1.82, 2.24) is 9.55 Å². The van der Waals surface area contributed by atoms with E-state index in [-0.39, 0.29) is 42.7 Å². The number of hydrogen-bond donors (Lipinski definition) is 0. The zero-order chi connectivity index (χ0) is 46.4. The van der Waals surface area contributed by atoms with E-state index in [4.69, 9.17) is 9.72 Å². The summed E-state index contributed by atoms with van der Waals surface area (Å²) in [5.41, 5.74) is 16.4. The summed E-state index contributed by atoms with van der Waals surface area (Å²) >= 11 is 0. The van der Waals surface area contributed by atoms with Crippen LogP contribution in [0, 0.1) is 32.6 Å². The maximum Gasteiger partial charge on any atom is 0.135 e. The Kier molecular flexibility index (Phi) is 12.0. The minimum absolute atomic E-state index is 0. The molecule has 0 N–H and O–H groups in total. The molecule has 0 radical (unpaired) electrons. The molecule has 0 amide bonds. The van der Waals surface area contributed by atoms with E-state index in [9.17, 15) is 0 Å². The molecule has 6 heteroatoms. The molecular formula is C60H63N4OPt-3. The largest absolute Gasteiger partial charge is 0.509 e. The van der Waals surface area contributed by atoms with Crippen LogP contribution in [0.2, 0.25) is 0 Å². The van der Waals surface area contributed by atoms with E-state index in [0.29, 0.717) is 11.5 Å². The first-order chi connectivity index (χ1) is 30.6. The van der Waals surface area contributed by atoms with Gasteiger partial charge in [0, 0.05) is 61.3 Å². The van der Waals surface area contributed by atoms with E-state index < -0.39 is 0 Å². The number of hydrogen-bond acceptors (Lipinski definition) is 4. The van der Waals surface area contributed by atoms with Crippen molar-refractivity contribution in [2.75, 3.05) is 9.80 Å². The van der Waals surface area contributed by atoms with Crippen LogP contribution in [0.3, 0.4) is 0 Å². The Labute approximate surface area is 408 Å². The van der Waals surface area contributed by atoms with Crippen LogP contribution in [0.15, 0.2) is 121 Å². The van der Waals surface area contributed by atoms with Crippen LogP contribution >= 0.6 is 0 Å². The average molecular weight is 1050 g/mol. The first-order valence-corrected chi connectivity index (χ1v) is 23.0. The second kappa shape index (κ2) is 16.9. The number of rotatable bonds is 6. The van der Waals surface area contributed by atoms with Gasteiger partial charge in [-0.2, -0.15) is 12.1 Å². The third-order valence-corrected chi connectivity index (χ3v) is 12.9.